The van der Waals surface area contributed by atoms with Crippen molar-refractivity contribution in [3.63, 3.8) is 0 Å². The first kappa shape index (κ1) is 20.9. The highest BCUT2D eigenvalue weighted by Crippen LogP contribution is 2.21. The van der Waals surface area contributed by atoms with Gasteiger partial charge in [-0.15, -0.1) is 0 Å². The molecule has 0 radical (unpaired) electrons. The molecule has 2 aromatic carbocycles. The zero-order valence-corrected chi connectivity index (χ0v) is 17.7. The number of benzene rings is 2. The Balaban J connectivity index is 1.27. The molecule has 0 bridgehead atoms. The number of anilines is 3. The number of hydrogen-bond donors (Lipinski definition) is 3. The quantitative estimate of drug-likeness (QED) is 0.296. The number of methoxy groups -OCH3 is 1. The summed E-state index contributed by atoms with van der Waals surface area (Å²) in [4.78, 5) is 7.68. The maximum atomic E-state index is 5.54. The molecule has 2 aromatic heterocycles. The second-order valence-electron chi connectivity index (χ2n) is 7.32. The standard InChI is InChI=1S/C25H28N4O2/c1-30-14-15-31-18-23-16-22(11-13-27-23)29-21-8-6-20(7-9-21)26-12-10-19-17-28-25-5-3-2-4-24(19)25/h2-9,11,13,16-17,26,28H,10,12,14-15,18H2,1H3,(H,27,29). The van der Waals surface area contributed by atoms with Crippen molar-refractivity contribution in [2.75, 3.05) is 37.5 Å². The van der Waals surface area contributed by atoms with Crippen LogP contribution < -0.4 is 10.6 Å². The first-order chi connectivity index (χ1) is 15.3. The number of aromatic amines is 1. The maximum absolute atomic E-state index is 5.54. The molecular formula is C25H28N4O2. The number of rotatable bonds is 11. The minimum atomic E-state index is 0.470. The summed E-state index contributed by atoms with van der Waals surface area (Å²) in [6, 6.07) is 20.7. The summed E-state index contributed by atoms with van der Waals surface area (Å²) >= 11 is 0. The number of aromatic nitrogens is 2. The van der Waals surface area contributed by atoms with Gasteiger partial charge in [-0.1, -0.05) is 18.2 Å². The molecule has 0 aliphatic rings. The van der Waals surface area contributed by atoms with Crippen LogP contribution in [-0.4, -0.2) is 36.8 Å². The van der Waals surface area contributed by atoms with Crippen LogP contribution in [0.25, 0.3) is 10.9 Å². The highest BCUT2D eigenvalue weighted by molar-refractivity contribution is 5.83. The first-order valence-corrected chi connectivity index (χ1v) is 10.5. The van der Waals surface area contributed by atoms with Gasteiger partial charge >= 0.3 is 0 Å². The molecule has 3 N–H and O–H groups in total. The van der Waals surface area contributed by atoms with Crippen LogP contribution in [0.15, 0.2) is 73.1 Å². The molecule has 0 aliphatic heterocycles. The smallest absolute Gasteiger partial charge is 0.0889 e. The number of para-hydroxylation sites is 1. The van der Waals surface area contributed by atoms with Gasteiger partial charge in [-0.05, 0) is 54.4 Å². The van der Waals surface area contributed by atoms with Crippen LogP contribution in [0.3, 0.4) is 0 Å². The van der Waals surface area contributed by atoms with E-state index in [1.165, 1.54) is 16.5 Å². The molecule has 0 fully saturated rings. The number of ether oxygens (including phenoxy) is 2. The minimum Gasteiger partial charge on any atom is -0.385 e. The van der Waals surface area contributed by atoms with Gasteiger partial charge in [0.15, 0.2) is 0 Å². The Hall–Kier alpha value is -3.35. The Morgan fingerprint density at radius 2 is 1.77 bits per heavy atom. The van der Waals surface area contributed by atoms with Crippen molar-refractivity contribution in [3.8, 4) is 0 Å². The van der Waals surface area contributed by atoms with Crippen molar-refractivity contribution in [2.24, 2.45) is 0 Å². The summed E-state index contributed by atoms with van der Waals surface area (Å²) in [5.74, 6) is 0. The molecule has 160 valence electrons. The summed E-state index contributed by atoms with van der Waals surface area (Å²) in [5.41, 5.74) is 6.53. The Morgan fingerprint density at radius 3 is 2.65 bits per heavy atom. The summed E-state index contributed by atoms with van der Waals surface area (Å²) in [7, 11) is 1.66. The number of fused-ring (bicyclic) bond motifs is 1. The van der Waals surface area contributed by atoms with Gasteiger partial charge in [0, 0.05) is 54.0 Å². The second kappa shape index (κ2) is 10.6. The Morgan fingerprint density at radius 1 is 0.935 bits per heavy atom. The fourth-order valence-electron chi connectivity index (χ4n) is 3.47. The Kier molecular flexibility index (Phi) is 7.16. The molecule has 0 saturated carbocycles. The molecule has 2 heterocycles. The van der Waals surface area contributed by atoms with Crippen LogP contribution >= 0.6 is 0 Å². The van der Waals surface area contributed by atoms with E-state index in [0.29, 0.717) is 19.8 Å². The fraction of sp³-hybridized carbons (Fsp3) is 0.240. The molecule has 6 heteroatoms. The number of hydrogen-bond acceptors (Lipinski definition) is 5. The molecular weight excluding hydrogens is 388 g/mol. The van der Waals surface area contributed by atoms with Crippen molar-refractivity contribution in [1.82, 2.24) is 9.97 Å². The van der Waals surface area contributed by atoms with E-state index >= 15 is 0 Å². The normalized spacial score (nSPS) is 11.0. The van der Waals surface area contributed by atoms with Gasteiger partial charge in [0.25, 0.3) is 0 Å². The molecule has 0 unspecified atom stereocenters. The predicted molar refractivity (Wildman–Crippen MR) is 126 cm³/mol. The minimum absolute atomic E-state index is 0.470. The van der Waals surface area contributed by atoms with Crippen LogP contribution in [-0.2, 0) is 22.5 Å². The largest absolute Gasteiger partial charge is 0.385 e. The molecule has 0 aliphatic carbocycles. The van der Waals surface area contributed by atoms with E-state index in [0.717, 1.165) is 35.7 Å². The van der Waals surface area contributed by atoms with Crippen molar-refractivity contribution in [1.29, 1.82) is 0 Å². The monoisotopic (exact) mass is 416 g/mol. The molecule has 6 nitrogen and oxygen atoms in total. The number of nitrogens with zero attached hydrogens (tertiary/aromatic N) is 1. The third-order valence-corrected chi connectivity index (χ3v) is 5.07. The molecule has 0 atom stereocenters. The van der Waals surface area contributed by atoms with Gasteiger partial charge in [0.1, 0.15) is 0 Å². The highest BCUT2D eigenvalue weighted by atomic mass is 16.5. The first-order valence-electron chi connectivity index (χ1n) is 10.5. The van der Waals surface area contributed by atoms with E-state index in [9.17, 15) is 0 Å². The topological polar surface area (TPSA) is 71.2 Å². The van der Waals surface area contributed by atoms with Gasteiger partial charge in [-0.3, -0.25) is 4.98 Å². The fourth-order valence-corrected chi connectivity index (χ4v) is 3.47. The van der Waals surface area contributed by atoms with Gasteiger partial charge in [-0.2, -0.15) is 0 Å². The highest BCUT2D eigenvalue weighted by Gasteiger charge is 2.03. The number of pyridine rings is 1. The SMILES string of the molecule is COCCOCc1cc(Nc2ccc(NCCc3c[nH]c4ccccc34)cc2)ccn1. The van der Waals surface area contributed by atoms with Crippen molar-refractivity contribution in [3.05, 3.63) is 84.3 Å². The second-order valence-corrected chi connectivity index (χ2v) is 7.32. The van der Waals surface area contributed by atoms with E-state index in [2.05, 4.69) is 75.3 Å². The van der Waals surface area contributed by atoms with Crippen LogP contribution in [0.5, 0.6) is 0 Å². The molecule has 0 spiro atoms. The van der Waals surface area contributed by atoms with E-state index in [4.69, 9.17) is 9.47 Å². The van der Waals surface area contributed by atoms with E-state index in [1.54, 1.807) is 13.3 Å². The van der Waals surface area contributed by atoms with Gasteiger partial charge in [0.2, 0.25) is 0 Å². The lowest BCUT2D eigenvalue weighted by atomic mass is 10.1. The predicted octanol–water partition coefficient (Wildman–Crippen LogP) is 5.12. The number of nitrogens with one attached hydrogen (secondary N) is 3. The summed E-state index contributed by atoms with van der Waals surface area (Å²) < 4.78 is 10.5. The average molecular weight is 417 g/mol. The van der Waals surface area contributed by atoms with Crippen LogP contribution in [0, 0.1) is 0 Å². The van der Waals surface area contributed by atoms with E-state index < -0.39 is 0 Å². The number of H-pyrrole nitrogens is 1. The molecule has 31 heavy (non-hydrogen) atoms. The van der Waals surface area contributed by atoms with Gasteiger partial charge in [-0.25, -0.2) is 0 Å². The summed E-state index contributed by atoms with van der Waals surface area (Å²) in [6.45, 7) is 2.49. The lowest BCUT2D eigenvalue weighted by molar-refractivity contribution is 0.0602. The summed E-state index contributed by atoms with van der Waals surface area (Å²) in [5, 5.41) is 8.22. The molecule has 0 amide bonds. The molecule has 0 saturated heterocycles. The molecule has 4 aromatic rings. The lowest BCUT2D eigenvalue weighted by Crippen LogP contribution is -2.04. The molecule has 4 rings (SSSR count). The van der Waals surface area contributed by atoms with Crippen molar-refractivity contribution >= 4 is 28.0 Å². The average Bonchev–Trinajstić information content (AvgIpc) is 3.21. The third-order valence-electron chi connectivity index (χ3n) is 5.07. The van der Waals surface area contributed by atoms with Crippen molar-refractivity contribution < 1.29 is 9.47 Å². The van der Waals surface area contributed by atoms with Gasteiger partial charge in [0.05, 0.1) is 25.5 Å². The Labute approximate surface area is 182 Å². The van der Waals surface area contributed by atoms with Crippen LogP contribution in [0.1, 0.15) is 11.3 Å². The van der Waals surface area contributed by atoms with Gasteiger partial charge < -0.3 is 25.1 Å². The summed E-state index contributed by atoms with van der Waals surface area (Å²) in [6.07, 6.45) is 4.86. The van der Waals surface area contributed by atoms with Crippen molar-refractivity contribution in [2.45, 2.75) is 13.0 Å². The van der Waals surface area contributed by atoms with E-state index in [1.807, 2.05) is 12.1 Å². The maximum Gasteiger partial charge on any atom is 0.0889 e. The lowest BCUT2D eigenvalue weighted by Gasteiger charge is -2.10. The zero-order chi connectivity index (χ0) is 21.3. The third kappa shape index (κ3) is 5.84. The Bertz CT molecular complexity index is 1090. The zero-order valence-electron chi connectivity index (χ0n) is 17.7. The van der Waals surface area contributed by atoms with E-state index in [-0.39, 0.29) is 0 Å². The van der Waals surface area contributed by atoms with Crippen LogP contribution in [0.2, 0.25) is 0 Å². The van der Waals surface area contributed by atoms with Crippen LogP contribution in [0.4, 0.5) is 17.1 Å².